The van der Waals surface area contributed by atoms with E-state index in [2.05, 4.69) is 5.32 Å². The molecule has 0 bridgehead atoms. The summed E-state index contributed by atoms with van der Waals surface area (Å²) >= 11 is 0. The van der Waals surface area contributed by atoms with Gasteiger partial charge in [-0.2, -0.15) is 0 Å². The highest BCUT2D eigenvalue weighted by Crippen LogP contribution is 2.20. The Morgan fingerprint density at radius 1 is 1.46 bits per heavy atom. The number of hydrogen-bond donors (Lipinski definition) is 2. The molecule has 0 saturated heterocycles. The van der Waals surface area contributed by atoms with Crippen LogP contribution in [-0.4, -0.2) is 37.0 Å². The molecule has 1 fully saturated rings. The maximum atomic E-state index is 8.99. The van der Waals surface area contributed by atoms with Crippen LogP contribution in [0, 0.1) is 0 Å². The number of nitrogens with one attached hydrogen (secondary N) is 1. The predicted molar refractivity (Wildman–Crippen MR) is 52.8 cm³/mol. The van der Waals surface area contributed by atoms with Crippen LogP contribution in [0.2, 0.25) is 0 Å². The molecule has 0 spiro atoms. The molecule has 0 aromatic heterocycles. The summed E-state index contributed by atoms with van der Waals surface area (Å²) in [5.74, 6) is 0. The molecule has 0 aromatic carbocycles. The normalized spacial score (nSPS) is 20.8. The average molecular weight is 187 g/mol. The average Bonchev–Trinajstić information content (AvgIpc) is 2.64. The van der Waals surface area contributed by atoms with Gasteiger partial charge in [-0.05, 0) is 19.4 Å². The maximum absolute atomic E-state index is 8.99. The molecule has 0 aromatic rings. The number of aliphatic hydroxyl groups excluding tert-OH is 1. The predicted octanol–water partition coefficient (Wildman–Crippen LogP) is 0.916. The van der Waals surface area contributed by atoms with Crippen LogP contribution >= 0.6 is 0 Å². The zero-order chi connectivity index (χ0) is 9.52. The second kappa shape index (κ2) is 6.35. The van der Waals surface area contributed by atoms with Crippen molar-refractivity contribution in [3.8, 4) is 0 Å². The van der Waals surface area contributed by atoms with Gasteiger partial charge in [-0.15, -0.1) is 0 Å². The van der Waals surface area contributed by atoms with E-state index < -0.39 is 0 Å². The molecule has 0 radical (unpaired) electrons. The molecule has 0 heterocycles. The summed E-state index contributed by atoms with van der Waals surface area (Å²) in [6.45, 7) is 3.74. The number of likely N-dealkylation sites (N-methyl/N-ethyl adjacent to an activating group) is 1. The van der Waals surface area contributed by atoms with Gasteiger partial charge in [0.1, 0.15) is 0 Å². The first-order valence-electron chi connectivity index (χ1n) is 5.32. The fourth-order valence-corrected chi connectivity index (χ4v) is 1.77. The highest BCUT2D eigenvalue weighted by molar-refractivity contribution is 4.69. The summed E-state index contributed by atoms with van der Waals surface area (Å²) in [7, 11) is 0. The molecule has 3 heteroatoms. The molecule has 2 N–H and O–H groups in total. The minimum absolute atomic E-state index is 0.116. The Hall–Kier alpha value is -0.120. The van der Waals surface area contributed by atoms with Gasteiger partial charge >= 0.3 is 0 Å². The molecule has 1 aliphatic rings. The summed E-state index contributed by atoms with van der Waals surface area (Å²) < 4.78 is 5.69. The Morgan fingerprint density at radius 3 is 2.69 bits per heavy atom. The molecule has 13 heavy (non-hydrogen) atoms. The highest BCUT2D eigenvalue weighted by atomic mass is 16.5. The Morgan fingerprint density at radius 2 is 2.15 bits per heavy atom. The summed E-state index contributed by atoms with van der Waals surface area (Å²) in [6.07, 6.45) is 5.45. The Labute approximate surface area is 80.5 Å². The van der Waals surface area contributed by atoms with E-state index in [4.69, 9.17) is 9.84 Å². The van der Waals surface area contributed by atoms with Gasteiger partial charge in [0.25, 0.3) is 0 Å². The largest absolute Gasteiger partial charge is 0.395 e. The summed E-state index contributed by atoms with van der Waals surface area (Å²) in [6, 6.07) is 0.116. The van der Waals surface area contributed by atoms with Crippen molar-refractivity contribution in [2.45, 2.75) is 44.8 Å². The van der Waals surface area contributed by atoms with Crippen LogP contribution in [0.25, 0.3) is 0 Å². The smallest absolute Gasteiger partial charge is 0.0645 e. The van der Waals surface area contributed by atoms with Gasteiger partial charge in [-0.1, -0.05) is 19.8 Å². The number of rotatable bonds is 6. The number of aliphatic hydroxyl groups is 1. The lowest BCUT2D eigenvalue weighted by molar-refractivity contribution is 0.0316. The van der Waals surface area contributed by atoms with Crippen molar-refractivity contribution in [1.29, 1.82) is 0 Å². The third-order valence-electron chi connectivity index (χ3n) is 2.55. The SMILES string of the molecule is CCNC(CO)COC1CCCC1. The van der Waals surface area contributed by atoms with E-state index in [1.165, 1.54) is 25.7 Å². The second-order valence-corrected chi connectivity index (χ2v) is 3.68. The number of ether oxygens (including phenoxy) is 1. The third kappa shape index (κ3) is 4.07. The highest BCUT2D eigenvalue weighted by Gasteiger charge is 2.16. The van der Waals surface area contributed by atoms with Crippen LogP contribution in [-0.2, 0) is 4.74 Å². The van der Waals surface area contributed by atoms with Gasteiger partial charge in [0, 0.05) is 0 Å². The monoisotopic (exact) mass is 187 g/mol. The van der Waals surface area contributed by atoms with Crippen molar-refractivity contribution in [2.75, 3.05) is 19.8 Å². The molecule has 1 atom stereocenters. The Balaban J connectivity index is 2.07. The van der Waals surface area contributed by atoms with Crippen molar-refractivity contribution in [3.63, 3.8) is 0 Å². The van der Waals surface area contributed by atoms with Crippen LogP contribution in [0.5, 0.6) is 0 Å². The third-order valence-corrected chi connectivity index (χ3v) is 2.55. The van der Waals surface area contributed by atoms with Crippen LogP contribution < -0.4 is 5.32 Å². The minimum Gasteiger partial charge on any atom is -0.395 e. The van der Waals surface area contributed by atoms with Crippen molar-refractivity contribution in [1.82, 2.24) is 5.32 Å². The van der Waals surface area contributed by atoms with Gasteiger partial charge < -0.3 is 15.2 Å². The zero-order valence-corrected chi connectivity index (χ0v) is 8.46. The van der Waals surface area contributed by atoms with E-state index in [1.54, 1.807) is 0 Å². The molecule has 1 rings (SSSR count). The van der Waals surface area contributed by atoms with E-state index in [0.717, 1.165) is 6.54 Å². The minimum atomic E-state index is 0.116. The van der Waals surface area contributed by atoms with Crippen molar-refractivity contribution in [2.24, 2.45) is 0 Å². The molecule has 0 amide bonds. The second-order valence-electron chi connectivity index (χ2n) is 3.68. The Bertz CT molecular complexity index is 124. The molecular formula is C10H21NO2. The van der Waals surface area contributed by atoms with Crippen LogP contribution in [0.4, 0.5) is 0 Å². The summed E-state index contributed by atoms with van der Waals surface area (Å²) in [4.78, 5) is 0. The summed E-state index contributed by atoms with van der Waals surface area (Å²) in [5.41, 5.74) is 0. The standard InChI is InChI=1S/C10H21NO2/c1-2-11-9(7-12)8-13-10-5-3-4-6-10/h9-12H,2-8H2,1H3. The fourth-order valence-electron chi connectivity index (χ4n) is 1.77. The lowest BCUT2D eigenvalue weighted by Gasteiger charge is -2.18. The summed E-state index contributed by atoms with van der Waals surface area (Å²) in [5, 5.41) is 12.2. The molecule has 1 saturated carbocycles. The quantitative estimate of drug-likeness (QED) is 0.649. The van der Waals surface area contributed by atoms with Crippen molar-refractivity contribution in [3.05, 3.63) is 0 Å². The van der Waals surface area contributed by atoms with E-state index in [-0.39, 0.29) is 12.6 Å². The lowest BCUT2D eigenvalue weighted by atomic mass is 10.3. The lowest BCUT2D eigenvalue weighted by Crippen LogP contribution is -2.37. The number of hydrogen-bond acceptors (Lipinski definition) is 3. The van der Waals surface area contributed by atoms with E-state index in [1.807, 2.05) is 6.92 Å². The zero-order valence-electron chi connectivity index (χ0n) is 8.46. The molecular weight excluding hydrogens is 166 g/mol. The first-order valence-corrected chi connectivity index (χ1v) is 5.32. The van der Waals surface area contributed by atoms with E-state index in [0.29, 0.717) is 12.7 Å². The van der Waals surface area contributed by atoms with Crippen LogP contribution in [0.3, 0.4) is 0 Å². The van der Waals surface area contributed by atoms with Crippen molar-refractivity contribution >= 4 is 0 Å². The molecule has 78 valence electrons. The van der Waals surface area contributed by atoms with Crippen molar-refractivity contribution < 1.29 is 9.84 Å². The van der Waals surface area contributed by atoms with Crippen LogP contribution in [0.15, 0.2) is 0 Å². The first kappa shape index (κ1) is 11.0. The van der Waals surface area contributed by atoms with E-state index >= 15 is 0 Å². The molecule has 1 unspecified atom stereocenters. The molecule has 0 aliphatic heterocycles. The van der Waals surface area contributed by atoms with Gasteiger partial charge in [-0.3, -0.25) is 0 Å². The maximum Gasteiger partial charge on any atom is 0.0645 e. The topological polar surface area (TPSA) is 41.5 Å². The Kier molecular flexibility index (Phi) is 5.35. The molecule has 1 aliphatic carbocycles. The van der Waals surface area contributed by atoms with Gasteiger partial charge in [0.15, 0.2) is 0 Å². The first-order chi connectivity index (χ1) is 6.36. The fraction of sp³-hybridized carbons (Fsp3) is 1.00. The van der Waals surface area contributed by atoms with Gasteiger partial charge in [0.05, 0.1) is 25.4 Å². The van der Waals surface area contributed by atoms with Crippen LogP contribution in [0.1, 0.15) is 32.6 Å². The van der Waals surface area contributed by atoms with Gasteiger partial charge in [-0.25, -0.2) is 0 Å². The molecule has 3 nitrogen and oxygen atoms in total. The van der Waals surface area contributed by atoms with E-state index in [9.17, 15) is 0 Å². The van der Waals surface area contributed by atoms with Gasteiger partial charge in [0.2, 0.25) is 0 Å².